The second-order valence-electron chi connectivity index (χ2n) is 3.66. The molecule has 0 spiro atoms. The quantitative estimate of drug-likeness (QED) is 0.617. The van der Waals surface area contributed by atoms with Crippen LogP contribution in [0.15, 0.2) is 10.6 Å². The summed E-state index contributed by atoms with van der Waals surface area (Å²) in [5.74, 6) is 0.276. The highest BCUT2D eigenvalue weighted by molar-refractivity contribution is 6.04. The van der Waals surface area contributed by atoms with E-state index in [1.165, 1.54) is 0 Å². The maximum Gasteiger partial charge on any atom is 0.292 e. The first-order valence-corrected chi connectivity index (χ1v) is 5.40. The van der Waals surface area contributed by atoms with Crippen molar-refractivity contribution in [3.05, 3.63) is 17.5 Å². The van der Waals surface area contributed by atoms with Gasteiger partial charge in [0.2, 0.25) is 5.76 Å². The van der Waals surface area contributed by atoms with Gasteiger partial charge in [-0.1, -0.05) is 5.16 Å². The number of aryl methyl sites for hydroxylation is 1. The van der Waals surface area contributed by atoms with Crippen LogP contribution in [-0.4, -0.2) is 62.5 Å². The monoisotopic (exact) mass is 221 g/mol. The third kappa shape index (κ3) is 2.40. The van der Waals surface area contributed by atoms with Gasteiger partial charge in [-0.05, 0) is 20.0 Å². The molecule has 15 heavy (non-hydrogen) atoms. The Morgan fingerprint density at radius 3 is 2.67 bits per heavy atom. The van der Waals surface area contributed by atoms with Crippen LogP contribution in [0.2, 0.25) is 0 Å². The molecule has 1 aromatic rings. The smallest absolute Gasteiger partial charge is 0.292 e. The molecule has 78 valence electrons. The number of aromatic nitrogens is 1. The van der Waals surface area contributed by atoms with Crippen LogP contribution in [0.4, 0.5) is 0 Å². The molecule has 2 radical (unpaired) electrons. The summed E-state index contributed by atoms with van der Waals surface area (Å²) in [6.45, 7) is 5.04. The first kappa shape index (κ1) is 10.7. The van der Waals surface area contributed by atoms with E-state index < -0.39 is 0 Å². The highest BCUT2D eigenvalue weighted by Gasteiger charge is 2.22. The minimum atomic E-state index is -0.0614. The molecule has 2 rings (SSSR count). The molecule has 0 aliphatic carbocycles. The van der Waals surface area contributed by atoms with Gasteiger partial charge in [0.1, 0.15) is 0 Å². The van der Waals surface area contributed by atoms with E-state index >= 15 is 0 Å². The minimum absolute atomic E-state index is 0.0614. The van der Waals surface area contributed by atoms with E-state index in [9.17, 15) is 4.79 Å². The molecule has 6 heteroatoms. The Balaban J connectivity index is 2.02. The van der Waals surface area contributed by atoms with E-state index in [0.717, 1.165) is 31.9 Å². The molecule has 0 saturated carbocycles. The lowest BCUT2D eigenvalue weighted by atomic mass is 10.3. The summed E-state index contributed by atoms with van der Waals surface area (Å²) >= 11 is 2.65. The molecule has 1 fully saturated rings. The molecule has 0 atom stereocenters. The Hall–Kier alpha value is -0.828. The van der Waals surface area contributed by atoms with Crippen LogP contribution in [-0.2, 0) is 0 Å². The van der Waals surface area contributed by atoms with Gasteiger partial charge >= 0.3 is 0 Å². The standard InChI is InChI=1S/C9H12N3O2.Al/c1-7-6-8(14-11-7)9(13)12-4-2-10-3-5-12;/h6H,2-5H2,1H3;/q-1;+1. The zero-order chi connectivity index (χ0) is 10.8. The van der Waals surface area contributed by atoms with Crippen molar-refractivity contribution >= 4 is 22.4 Å². The maximum atomic E-state index is 11.9. The van der Waals surface area contributed by atoms with E-state index in [2.05, 4.69) is 25.6 Å². The largest absolute Gasteiger partial charge is 0.400 e. The average molecular weight is 221 g/mol. The second kappa shape index (κ2) is 4.35. The zero-order valence-electron chi connectivity index (χ0n) is 8.64. The average Bonchev–Trinajstić information content (AvgIpc) is 2.65. The van der Waals surface area contributed by atoms with Crippen molar-refractivity contribution in [2.45, 2.75) is 6.92 Å². The van der Waals surface area contributed by atoms with Gasteiger partial charge in [0.25, 0.3) is 22.4 Å². The van der Waals surface area contributed by atoms with Crippen LogP contribution in [0.3, 0.4) is 0 Å². The summed E-state index contributed by atoms with van der Waals surface area (Å²) in [5.41, 5.74) is 0.739. The van der Waals surface area contributed by atoms with Gasteiger partial charge in [-0.25, -0.2) is 0 Å². The van der Waals surface area contributed by atoms with Crippen molar-refractivity contribution in [2.24, 2.45) is 0 Å². The Labute approximate surface area is 96.6 Å². The molecule has 1 aliphatic heterocycles. The molecule has 0 bridgehead atoms. The molecule has 1 aromatic heterocycles. The van der Waals surface area contributed by atoms with Gasteiger partial charge in [-0.2, -0.15) is 0 Å². The lowest BCUT2D eigenvalue weighted by molar-refractivity contribution is 0.0658. The Bertz CT molecular complexity index is 358. The van der Waals surface area contributed by atoms with Gasteiger partial charge < -0.3 is 13.3 Å². The molecule has 1 aliphatic rings. The van der Waals surface area contributed by atoms with Gasteiger partial charge in [0.05, 0.1) is 5.69 Å². The molecule has 0 N–H and O–H groups in total. The van der Waals surface area contributed by atoms with Crippen molar-refractivity contribution in [2.75, 3.05) is 26.2 Å². The summed E-state index contributed by atoms with van der Waals surface area (Å²) in [5, 5.41) is 3.71. The van der Waals surface area contributed by atoms with E-state index in [4.69, 9.17) is 4.52 Å². The van der Waals surface area contributed by atoms with Crippen molar-refractivity contribution in [3.63, 3.8) is 0 Å². The van der Waals surface area contributed by atoms with Crippen LogP contribution in [0.5, 0.6) is 0 Å². The molecule has 0 aromatic carbocycles. The zero-order valence-corrected chi connectivity index (χ0v) is 9.80. The number of hydrogen-bond donors (Lipinski definition) is 0. The summed E-state index contributed by atoms with van der Waals surface area (Å²) in [6, 6.07) is 1.68. The molecule has 1 saturated heterocycles. The number of carbonyl (C=O) groups excluding carboxylic acids is 1. The first-order valence-electron chi connectivity index (χ1n) is 4.89. The summed E-state index contributed by atoms with van der Waals surface area (Å²) < 4.78 is 7.07. The Kier molecular flexibility index (Phi) is 3.10. The molecular weight excluding hydrogens is 209 g/mol. The topological polar surface area (TPSA) is 49.6 Å². The normalized spacial score (nSPS) is 18.1. The summed E-state index contributed by atoms with van der Waals surface area (Å²) in [4.78, 5) is 13.7. The van der Waals surface area contributed by atoms with Gasteiger partial charge in [-0.3, -0.25) is 4.79 Å². The fourth-order valence-corrected chi connectivity index (χ4v) is 1.78. The van der Waals surface area contributed by atoms with Crippen LogP contribution in [0, 0.1) is 6.92 Å². The van der Waals surface area contributed by atoms with E-state index in [1.807, 2.05) is 0 Å². The Morgan fingerprint density at radius 2 is 2.13 bits per heavy atom. The van der Waals surface area contributed by atoms with Crippen molar-refractivity contribution in [1.29, 1.82) is 0 Å². The fourth-order valence-electron chi connectivity index (χ4n) is 1.55. The lowest BCUT2D eigenvalue weighted by Crippen LogP contribution is -2.47. The van der Waals surface area contributed by atoms with E-state index in [1.54, 1.807) is 17.9 Å². The van der Waals surface area contributed by atoms with E-state index in [-0.39, 0.29) is 5.91 Å². The van der Waals surface area contributed by atoms with Crippen molar-refractivity contribution in [3.8, 4) is 0 Å². The predicted octanol–water partition coefficient (Wildman–Crippen LogP) is -0.176. The number of amides is 1. The lowest BCUT2D eigenvalue weighted by Gasteiger charge is -2.33. The highest BCUT2D eigenvalue weighted by atomic mass is 27.1. The molecule has 2 heterocycles. The molecular formula is C9H12AlN3O2. The fraction of sp³-hybridized carbons (Fsp3) is 0.556. The number of carbonyl (C=O) groups is 1. The van der Waals surface area contributed by atoms with Gasteiger partial charge in [0.15, 0.2) is 0 Å². The minimum Gasteiger partial charge on any atom is -0.400 e. The maximum absolute atomic E-state index is 11.9. The second-order valence-corrected chi connectivity index (χ2v) is 4.39. The van der Waals surface area contributed by atoms with Crippen LogP contribution in [0.1, 0.15) is 16.2 Å². The number of rotatable bonds is 1. The number of piperazine rings is 1. The van der Waals surface area contributed by atoms with Crippen molar-refractivity contribution < 1.29 is 9.32 Å². The third-order valence-electron chi connectivity index (χ3n) is 2.44. The molecule has 0 unspecified atom stereocenters. The molecule has 5 nitrogen and oxygen atoms in total. The third-order valence-corrected chi connectivity index (χ3v) is 2.96. The predicted molar refractivity (Wildman–Crippen MR) is 54.5 cm³/mol. The first-order chi connectivity index (χ1) is 7.16. The van der Waals surface area contributed by atoms with Gasteiger partial charge in [-0.15, -0.1) is 0 Å². The van der Waals surface area contributed by atoms with Crippen LogP contribution >= 0.6 is 0 Å². The number of nitrogens with zero attached hydrogens (tertiary/aromatic N) is 3. The van der Waals surface area contributed by atoms with Gasteiger partial charge in [0, 0.05) is 19.2 Å². The van der Waals surface area contributed by atoms with Crippen LogP contribution in [0.25, 0.3) is 0 Å². The molecule has 1 amide bonds. The SMILES string of the molecule is Cc1cc(C(=O)N2CC[N]([Al])CC2)on1. The summed E-state index contributed by atoms with van der Waals surface area (Å²) in [7, 11) is 0. The number of hydrogen-bond acceptors (Lipinski definition) is 4. The Morgan fingerprint density at radius 1 is 1.47 bits per heavy atom. The van der Waals surface area contributed by atoms with Crippen molar-refractivity contribution in [1.82, 2.24) is 13.9 Å². The summed E-state index contributed by atoms with van der Waals surface area (Å²) in [6.07, 6.45) is 0. The van der Waals surface area contributed by atoms with E-state index in [0.29, 0.717) is 5.76 Å². The van der Waals surface area contributed by atoms with Crippen LogP contribution < -0.4 is 0 Å². The highest BCUT2D eigenvalue weighted by Crippen LogP contribution is 2.08.